The van der Waals surface area contributed by atoms with Gasteiger partial charge in [0.15, 0.2) is 0 Å². The van der Waals surface area contributed by atoms with Crippen LogP contribution in [0.2, 0.25) is 0 Å². The van der Waals surface area contributed by atoms with Gasteiger partial charge in [-0.1, -0.05) is 48.0 Å². The molecular weight excluding hydrogens is 306 g/mol. The fraction of sp³-hybridized carbons (Fsp3) is 0.600. The van der Waals surface area contributed by atoms with Crippen LogP contribution in [0.25, 0.3) is 0 Å². The van der Waals surface area contributed by atoms with E-state index >= 15 is 0 Å². The van der Waals surface area contributed by atoms with Crippen molar-refractivity contribution in [2.45, 2.75) is 44.4 Å². The molecule has 0 aromatic heterocycles. The van der Waals surface area contributed by atoms with Crippen molar-refractivity contribution in [3.63, 3.8) is 0 Å². The fourth-order valence-electron chi connectivity index (χ4n) is 2.14. The SMILES string of the molecule is CCC(CC)(CNC(C)c1ccccc1Br)SC. The topological polar surface area (TPSA) is 12.0 Å². The van der Waals surface area contributed by atoms with Crippen LogP contribution in [0.4, 0.5) is 0 Å². The van der Waals surface area contributed by atoms with Crippen molar-refractivity contribution in [3.05, 3.63) is 34.3 Å². The highest BCUT2D eigenvalue weighted by molar-refractivity contribution is 9.10. The lowest BCUT2D eigenvalue weighted by molar-refractivity contribution is 0.459. The van der Waals surface area contributed by atoms with E-state index in [1.807, 2.05) is 11.8 Å². The Morgan fingerprint density at radius 2 is 1.89 bits per heavy atom. The zero-order chi connectivity index (χ0) is 13.6. The van der Waals surface area contributed by atoms with Gasteiger partial charge in [-0.05, 0) is 37.7 Å². The molecule has 1 aromatic carbocycles. The minimum Gasteiger partial charge on any atom is -0.309 e. The van der Waals surface area contributed by atoms with E-state index in [-0.39, 0.29) is 0 Å². The Morgan fingerprint density at radius 3 is 2.39 bits per heavy atom. The van der Waals surface area contributed by atoms with Crippen LogP contribution in [-0.4, -0.2) is 17.5 Å². The largest absolute Gasteiger partial charge is 0.309 e. The van der Waals surface area contributed by atoms with Crippen molar-refractivity contribution in [1.29, 1.82) is 0 Å². The van der Waals surface area contributed by atoms with Crippen molar-refractivity contribution >= 4 is 27.7 Å². The highest BCUT2D eigenvalue weighted by atomic mass is 79.9. The molecule has 1 unspecified atom stereocenters. The molecule has 0 amide bonds. The summed E-state index contributed by atoms with van der Waals surface area (Å²) in [6.45, 7) is 7.86. The number of benzene rings is 1. The summed E-state index contributed by atoms with van der Waals surface area (Å²) in [5, 5.41) is 3.68. The Balaban J connectivity index is 2.66. The summed E-state index contributed by atoms with van der Waals surface area (Å²) in [6.07, 6.45) is 4.64. The third-order valence-corrected chi connectivity index (χ3v) is 6.13. The molecule has 3 heteroatoms. The van der Waals surface area contributed by atoms with Crippen LogP contribution in [0.15, 0.2) is 28.7 Å². The lowest BCUT2D eigenvalue weighted by atomic mass is 10.0. The summed E-state index contributed by atoms with van der Waals surface area (Å²) in [5.41, 5.74) is 1.33. The summed E-state index contributed by atoms with van der Waals surface area (Å²) >= 11 is 5.61. The van der Waals surface area contributed by atoms with E-state index in [2.05, 4.69) is 72.5 Å². The molecule has 0 bridgehead atoms. The van der Waals surface area contributed by atoms with E-state index in [0.717, 1.165) is 6.54 Å². The van der Waals surface area contributed by atoms with Gasteiger partial charge in [-0.3, -0.25) is 0 Å². The van der Waals surface area contributed by atoms with Gasteiger partial charge in [0.25, 0.3) is 0 Å². The van der Waals surface area contributed by atoms with Crippen LogP contribution < -0.4 is 5.32 Å². The highest BCUT2D eigenvalue weighted by Gasteiger charge is 2.25. The number of hydrogen-bond donors (Lipinski definition) is 1. The Labute approximate surface area is 124 Å². The van der Waals surface area contributed by atoms with Gasteiger partial charge in [0.2, 0.25) is 0 Å². The Hall–Kier alpha value is 0.01000. The van der Waals surface area contributed by atoms with Gasteiger partial charge in [0.1, 0.15) is 0 Å². The van der Waals surface area contributed by atoms with Crippen molar-refractivity contribution in [1.82, 2.24) is 5.32 Å². The molecule has 0 aliphatic carbocycles. The number of hydrogen-bond acceptors (Lipinski definition) is 2. The number of rotatable bonds is 7. The van der Waals surface area contributed by atoms with Crippen LogP contribution in [0, 0.1) is 0 Å². The van der Waals surface area contributed by atoms with Crippen LogP contribution in [0.3, 0.4) is 0 Å². The van der Waals surface area contributed by atoms with Gasteiger partial charge in [-0.15, -0.1) is 0 Å². The van der Waals surface area contributed by atoms with Crippen molar-refractivity contribution in [2.24, 2.45) is 0 Å². The zero-order valence-corrected chi connectivity index (χ0v) is 14.2. The molecule has 1 atom stereocenters. The van der Waals surface area contributed by atoms with Gasteiger partial charge in [-0.2, -0.15) is 11.8 Å². The maximum absolute atomic E-state index is 3.68. The molecule has 0 fully saturated rings. The molecular formula is C15H24BrNS. The van der Waals surface area contributed by atoms with Gasteiger partial charge in [0, 0.05) is 21.8 Å². The average molecular weight is 330 g/mol. The zero-order valence-electron chi connectivity index (χ0n) is 11.8. The molecule has 1 rings (SSSR count). The molecule has 0 aliphatic heterocycles. The van der Waals surface area contributed by atoms with Crippen LogP contribution in [-0.2, 0) is 0 Å². The summed E-state index contributed by atoms with van der Waals surface area (Å²) < 4.78 is 1.56. The second kappa shape index (κ2) is 7.56. The standard InChI is InChI=1S/C15H24BrNS/c1-5-15(6-2,18-4)11-17-12(3)13-9-7-8-10-14(13)16/h7-10,12,17H,5-6,11H2,1-4H3. The molecule has 1 nitrogen and oxygen atoms in total. The van der Waals surface area contributed by atoms with Crippen molar-refractivity contribution in [3.8, 4) is 0 Å². The van der Waals surface area contributed by atoms with Crippen molar-refractivity contribution < 1.29 is 0 Å². The minimum absolute atomic E-state index is 0.371. The first-order valence-corrected chi connectivity index (χ1v) is 8.63. The molecule has 0 heterocycles. The Morgan fingerprint density at radius 1 is 1.28 bits per heavy atom. The van der Waals surface area contributed by atoms with E-state index in [1.165, 1.54) is 22.9 Å². The molecule has 0 radical (unpaired) electrons. The quantitative estimate of drug-likeness (QED) is 0.753. The Bertz CT molecular complexity index is 355. The monoisotopic (exact) mass is 329 g/mol. The lowest BCUT2D eigenvalue weighted by Gasteiger charge is -2.31. The normalized spacial score (nSPS) is 13.6. The minimum atomic E-state index is 0.371. The predicted molar refractivity (Wildman–Crippen MR) is 87.4 cm³/mol. The fourth-order valence-corrected chi connectivity index (χ4v) is 3.57. The Kier molecular flexibility index (Phi) is 6.75. The third-order valence-electron chi connectivity index (χ3n) is 3.82. The molecule has 0 aliphatic rings. The highest BCUT2D eigenvalue weighted by Crippen LogP contribution is 2.31. The molecule has 0 spiro atoms. The first kappa shape index (κ1) is 16.1. The van der Waals surface area contributed by atoms with E-state index in [0.29, 0.717) is 10.8 Å². The number of nitrogens with one attached hydrogen (secondary N) is 1. The molecule has 1 N–H and O–H groups in total. The first-order chi connectivity index (χ1) is 8.58. The summed E-state index contributed by atoms with van der Waals surface area (Å²) in [5.74, 6) is 0. The smallest absolute Gasteiger partial charge is 0.0303 e. The van der Waals surface area contributed by atoms with Crippen LogP contribution >= 0.6 is 27.7 Å². The van der Waals surface area contributed by atoms with E-state index in [4.69, 9.17) is 0 Å². The summed E-state index contributed by atoms with van der Waals surface area (Å²) in [6, 6.07) is 8.82. The molecule has 1 aromatic rings. The second-order valence-electron chi connectivity index (χ2n) is 4.72. The van der Waals surface area contributed by atoms with Gasteiger partial charge < -0.3 is 5.32 Å². The molecule has 0 saturated heterocycles. The first-order valence-electron chi connectivity index (χ1n) is 6.61. The molecule has 0 saturated carbocycles. The van der Waals surface area contributed by atoms with Gasteiger partial charge in [0.05, 0.1) is 0 Å². The molecule has 102 valence electrons. The molecule has 18 heavy (non-hydrogen) atoms. The maximum Gasteiger partial charge on any atom is 0.0303 e. The number of halogens is 1. The summed E-state index contributed by atoms with van der Waals surface area (Å²) in [7, 11) is 0. The van der Waals surface area contributed by atoms with E-state index in [9.17, 15) is 0 Å². The van der Waals surface area contributed by atoms with Crippen LogP contribution in [0.1, 0.15) is 45.2 Å². The van der Waals surface area contributed by atoms with Gasteiger partial charge in [-0.25, -0.2) is 0 Å². The maximum atomic E-state index is 3.68. The van der Waals surface area contributed by atoms with E-state index in [1.54, 1.807) is 0 Å². The van der Waals surface area contributed by atoms with Crippen molar-refractivity contribution in [2.75, 3.05) is 12.8 Å². The average Bonchev–Trinajstić information content (AvgIpc) is 2.41. The second-order valence-corrected chi connectivity index (χ2v) is 6.85. The van der Waals surface area contributed by atoms with Gasteiger partial charge >= 0.3 is 0 Å². The third kappa shape index (κ3) is 4.01. The predicted octanol–water partition coefficient (Wildman–Crippen LogP) is 5.02. The van der Waals surface area contributed by atoms with Crippen LogP contribution in [0.5, 0.6) is 0 Å². The van der Waals surface area contributed by atoms with E-state index < -0.39 is 0 Å². The summed E-state index contributed by atoms with van der Waals surface area (Å²) in [4.78, 5) is 0. The number of thioether (sulfide) groups is 1. The lowest BCUT2D eigenvalue weighted by Crippen LogP contribution is -2.37.